The standard InChI is InChI=1S/C14H15N3O3/c1-9-12(19-2)5-4-10(13(9)20-3)17-14(18)11-8-15-6-7-16-11/h4-8H,1-3H3,(H,17,18). The maximum absolute atomic E-state index is 12.0. The molecule has 1 amide bonds. The van der Waals surface area contributed by atoms with Gasteiger partial charge >= 0.3 is 0 Å². The van der Waals surface area contributed by atoms with Crippen LogP contribution >= 0.6 is 0 Å². The highest BCUT2D eigenvalue weighted by atomic mass is 16.5. The summed E-state index contributed by atoms with van der Waals surface area (Å²) in [7, 11) is 3.12. The maximum Gasteiger partial charge on any atom is 0.275 e. The van der Waals surface area contributed by atoms with Gasteiger partial charge in [0, 0.05) is 18.0 Å². The molecule has 2 rings (SSSR count). The lowest BCUT2D eigenvalue weighted by atomic mass is 10.1. The summed E-state index contributed by atoms with van der Waals surface area (Å²) in [6.07, 6.45) is 4.37. The lowest BCUT2D eigenvalue weighted by Crippen LogP contribution is -2.14. The second-order valence-electron chi connectivity index (χ2n) is 4.02. The van der Waals surface area contributed by atoms with Crippen LogP contribution in [-0.2, 0) is 0 Å². The Bertz CT molecular complexity index is 615. The minimum Gasteiger partial charge on any atom is -0.496 e. The molecule has 0 fully saturated rings. The lowest BCUT2D eigenvalue weighted by molar-refractivity contribution is 0.102. The van der Waals surface area contributed by atoms with E-state index in [2.05, 4.69) is 15.3 Å². The van der Waals surface area contributed by atoms with Crippen LogP contribution < -0.4 is 14.8 Å². The third-order valence-electron chi connectivity index (χ3n) is 2.82. The molecule has 0 aliphatic carbocycles. The number of hydrogen-bond acceptors (Lipinski definition) is 5. The molecule has 6 nitrogen and oxygen atoms in total. The molecule has 0 radical (unpaired) electrons. The number of aromatic nitrogens is 2. The summed E-state index contributed by atoms with van der Waals surface area (Å²) in [6, 6.07) is 3.49. The van der Waals surface area contributed by atoms with Crippen molar-refractivity contribution < 1.29 is 14.3 Å². The first kappa shape index (κ1) is 13.8. The van der Waals surface area contributed by atoms with E-state index in [1.165, 1.54) is 18.6 Å². The van der Waals surface area contributed by atoms with Gasteiger partial charge in [-0.1, -0.05) is 0 Å². The summed E-state index contributed by atoms with van der Waals surface area (Å²) in [6.45, 7) is 1.86. The van der Waals surface area contributed by atoms with Gasteiger partial charge in [-0.3, -0.25) is 9.78 Å². The van der Waals surface area contributed by atoms with Gasteiger partial charge in [0.1, 0.15) is 17.2 Å². The number of methoxy groups -OCH3 is 2. The average Bonchev–Trinajstić information content (AvgIpc) is 2.48. The summed E-state index contributed by atoms with van der Waals surface area (Å²) >= 11 is 0. The van der Waals surface area contributed by atoms with Crippen molar-refractivity contribution in [3.05, 3.63) is 42.0 Å². The fourth-order valence-corrected chi connectivity index (χ4v) is 1.86. The fourth-order valence-electron chi connectivity index (χ4n) is 1.86. The van der Waals surface area contributed by atoms with E-state index in [0.29, 0.717) is 17.2 Å². The number of ether oxygens (including phenoxy) is 2. The van der Waals surface area contributed by atoms with Crippen molar-refractivity contribution in [3.8, 4) is 11.5 Å². The molecule has 20 heavy (non-hydrogen) atoms. The predicted molar refractivity (Wildman–Crippen MR) is 74.3 cm³/mol. The number of nitrogens with zero attached hydrogens (tertiary/aromatic N) is 2. The average molecular weight is 273 g/mol. The van der Waals surface area contributed by atoms with Crippen molar-refractivity contribution in [1.82, 2.24) is 9.97 Å². The third kappa shape index (κ3) is 2.69. The molecule has 0 unspecified atom stereocenters. The van der Waals surface area contributed by atoms with E-state index in [4.69, 9.17) is 9.47 Å². The molecule has 0 saturated carbocycles. The molecule has 6 heteroatoms. The molecule has 1 heterocycles. The second-order valence-corrected chi connectivity index (χ2v) is 4.02. The second kappa shape index (κ2) is 6.01. The van der Waals surface area contributed by atoms with Gasteiger partial charge in [-0.15, -0.1) is 0 Å². The summed E-state index contributed by atoms with van der Waals surface area (Å²) in [5.41, 5.74) is 1.61. The Morgan fingerprint density at radius 3 is 2.60 bits per heavy atom. The van der Waals surface area contributed by atoms with Crippen LogP contribution in [0.25, 0.3) is 0 Å². The first-order valence-corrected chi connectivity index (χ1v) is 5.96. The molecule has 0 aliphatic rings. The van der Waals surface area contributed by atoms with Crippen molar-refractivity contribution in [2.75, 3.05) is 19.5 Å². The van der Waals surface area contributed by atoms with Gasteiger partial charge in [0.2, 0.25) is 0 Å². The molecule has 0 aliphatic heterocycles. The largest absolute Gasteiger partial charge is 0.496 e. The molecule has 104 valence electrons. The van der Waals surface area contributed by atoms with Crippen LogP contribution in [0.5, 0.6) is 11.5 Å². The smallest absolute Gasteiger partial charge is 0.275 e. The van der Waals surface area contributed by atoms with E-state index in [0.717, 1.165) is 5.56 Å². The zero-order chi connectivity index (χ0) is 14.5. The zero-order valence-corrected chi connectivity index (χ0v) is 11.5. The van der Waals surface area contributed by atoms with Gasteiger partial charge in [-0.05, 0) is 19.1 Å². The van der Waals surface area contributed by atoms with E-state index in [9.17, 15) is 4.79 Å². The zero-order valence-electron chi connectivity index (χ0n) is 11.5. The third-order valence-corrected chi connectivity index (χ3v) is 2.82. The quantitative estimate of drug-likeness (QED) is 0.923. The number of carbonyl (C=O) groups excluding carboxylic acids is 1. The van der Waals surface area contributed by atoms with Gasteiger partial charge in [0.05, 0.1) is 26.1 Å². The molecule has 1 aromatic carbocycles. The van der Waals surface area contributed by atoms with Crippen LogP contribution in [0, 0.1) is 6.92 Å². The van der Waals surface area contributed by atoms with E-state index in [1.54, 1.807) is 26.4 Å². The number of nitrogens with one attached hydrogen (secondary N) is 1. The highest BCUT2D eigenvalue weighted by molar-refractivity contribution is 6.03. The summed E-state index contributed by atoms with van der Waals surface area (Å²) in [5.74, 6) is 0.905. The van der Waals surface area contributed by atoms with Gasteiger partial charge in [-0.2, -0.15) is 0 Å². The van der Waals surface area contributed by atoms with E-state index < -0.39 is 0 Å². The molecular formula is C14H15N3O3. The Kier molecular flexibility index (Phi) is 4.14. The van der Waals surface area contributed by atoms with Crippen LogP contribution in [0.4, 0.5) is 5.69 Å². The van der Waals surface area contributed by atoms with Crippen LogP contribution in [0.2, 0.25) is 0 Å². The highest BCUT2D eigenvalue weighted by Crippen LogP contribution is 2.34. The van der Waals surface area contributed by atoms with Crippen LogP contribution in [-0.4, -0.2) is 30.1 Å². The molecule has 0 spiro atoms. The van der Waals surface area contributed by atoms with Gasteiger partial charge in [-0.25, -0.2) is 4.98 Å². The first-order chi connectivity index (χ1) is 9.67. The molecule has 1 aromatic heterocycles. The number of carbonyl (C=O) groups is 1. The number of amides is 1. The van der Waals surface area contributed by atoms with E-state index in [-0.39, 0.29) is 11.6 Å². The van der Waals surface area contributed by atoms with Crippen molar-refractivity contribution in [1.29, 1.82) is 0 Å². The van der Waals surface area contributed by atoms with Crippen LogP contribution in [0.3, 0.4) is 0 Å². The molecule has 0 saturated heterocycles. The number of anilines is 1. The van der Waals surface area contributed by atoms with Crippen molar-refractivity contribution >= 4 is 11.6 Å². The molecule has 1 N–H and O–H groups in total. The monoisotopic (exact) mass is 273 g/mol. The van der Waals surface area contributed by atoms with Crippen LogP contribution in [0.1, 0.15) is 16.1 Å². The Morgan fingerprint density at radius 2 is 2.00 bits per heavy atom. The summed E-state index contributed by atoms with van der Waals surface area (Å²) < 4.78 is 10.5. The minimum absolute atomic E-state index is 0.239. The molecular weight excluding hydrogens is 258 g/mol. The molecule has 2 aromatic rings. The van der Waals surface area contributed by atoms with Gasteiger partial charge in [0.15, 0.2) is 0 Å². The Balaban J connectivity index is 2.30. The maximum atomic E-state index is 12.0. The molecule has 0 bridgehead atoms. The number of rotatable bonds is 4. The highest BCUT2D eigenvalue weighted by Gasteiger charge is 2.15. The summed E-state index contributed by atoms with van der Waals surface area (Å²) in [4.78, 5) is 19.9. The SMILES string of the molecule is COc1ccc(NC(=O)c2cnccn2)c(OC)c1C. The van der Waals surface area contributed by atoms with Crippen LogP contribution in [0.15, 0.2) is 30.7 Å². The Hall–Kier alpha value is -2.63. The van der Waals surface area contributed by atoms with E-state index in [1.807, 2.05) is 6.92 Å². The Morgan fingerprint density at radius 1 is 1.20 bits per heavy atom. The number of hydrogen-bond donors (Lipinski definition) is 1. The first-order valence-electron chi connectivity index (χ1n) is 5.96. The van der Waals surface area contributed by atoms with E-state index >= 15 is 0 Å². The summed E-state index contributed by atoms with van der Waals surface area (Å²) in [5, 5.41) is 2.75. The minimum atomic E-state index is -0.346. The van der Waals surface area contributed by atoms with Crippen molar-refractivity contribution in [2.24, 2.45) is 0 Å². The van der Waals surface area contributed by atoms with Crippen molar-refractivity contribution in [2.45, 2.75) is 6.92 Å². The normalized spacial score (nSPS) is 9.95. The van der Waals surface area contributed by atoms with Gasteiger partial charge in [0.25, 0.3) is 5.91 Å². The topological polar surface area (TPSA) is 73.3 Å². The van der Waals surface area contributed by atoms with Gasteiger partial charge < -0.3 is 14.8 Å². The fraction of sp³-hybridized carbons (Fsp3) is 0.214. The lowest BCUT2D eigenvalue weighted by Gasteiger charge is -2.14. The predicted octanol–water partition coefficient (Wildman–Crippen LogP) is 2.05. The Labute approximate surface area is 116 Å². The van der Waals surface area contributed by atoms with Crippen molar-refractivity contribution in [3.63, 3.8) is 0 Å². The molecule has 0 atom stereocenters. The number of benzene rings is 1.